The van der Waals surface area contributed by atoms with E-state index in [2.05, 4.69) is 56.0 Å². The first kappa shape index (κ1) is 14.1. The molecule has 0 aliphatic rings. The Hall–Kier alpha value is -2.29. The first-order valence-corrected chi connectivity index (χ1v) is 6.82. The highest BCUT2D eigenvalue weighted by molar-refractivity contribution is 6.01. The molecular weight excluding hydrogens is 246 g/mol. The van der Waals surface area contributed by atoms with Crippen molar-refractivity contribution in [3.8, 4) is 0 Å². The second-order valence-corrected chi connectivity index (χ2v) is 5.02. The lowest BCUT2D eigenvalue weighted by Crippen LogP contribution is -2.22. The molecule has 0 fully saturated rings. The molecule has 2 rings (SSSR count). The van der Waals surface area contributed by atoms with E-state index in [0.29, 0.717) is 0 Å². The van der Waals surface area contributed by atoms with Crippen molar-refractivity contribution in [3.63, 3.8) is 0 Å². The van der Waals surface area contributed by atoms with Gasteiger partial charge in [-0.3, -0.25) is 5.41 Å². The van der Waals surface area contributed by atoms with Gasteiger partial charge in [0.2, 0.25) is 0 Å². The Bertz CT molecular complexity index is 632. The number of nitrogens with one attached hydrogen (secondary N) is 1. The van der Waals surface area contributed by atoms with Gasteiger partial charge in [-0.05, 0) is 56.2 Å². The summed E-state index contributed by atoms with van der Waals surface area (Å²) in [7, 11) is 0. The molecule has 20 heavy (non-hydrogen) atoms. The number of nitrogen functional groups attached to an aromatic ring is 1. The Balaban J connectivity index is 2.57. The van der Waals surface area contributed by atoms with E-state index in [9.17, 15) is 0 Å². The third kappa shape index (κ3) is 2.82. The van der Waals surface area contributed by atoms with Gasteiger partial charge in [0.05, 0.1) is 5.69 Å². The van der Waals surface area contributed by atoms with Crippen LogP contribution in [0.2, 0.25) is 0 Å². The third-order valence-electron chi connectivity index (χ3n) is 3.36. The van der Waals surface area contributed by atoms with Crippen LogP contribution < -0.4 is 10.6 Å². The van der Waals surface area contributed by atoms with Crippen LogP contribution in [0, 0.1) is 19.3 Å². The minimum Gasteiger partial charge on any atom is -0.384 e. The Morgan fingerprint density at radius 1 is 1.10 bits per heavy atom. The zero-order chi connectivity index (χ0) is 14.7. The van der Waals surface area contributed by atoms with Crippen molar-refractivity contribution < 1.29 is 0 Å². The summed E-state index contributed by atoms with van der Waals surface area (Å²) in [4.78, 5) is 2.19. The molecule has 0 saturated heterocycles. The van der Waals surface area contributed by atoms with Crippen LogP contribution in [0.4, 0.5) is 11.4 Å². The van der Waals surface area contributed by atoms with Gasteiger partial charge in [-0.25, -0.2) is 0 Å². The first-order chi connectivity index (χ1) is 9.52. The summed E-state index contributed by atoms with van der Waals surface area (Å²) >= 11 is 0. The normalized spacial score (nSPS) is 10.3. The summed E-state index contributed by atoms with van der Waals surface area (Å²) in [5.41, 5.74) is 11.0. The number of amidine groups is 1. The van der Waals surface area contributed by atoms with E-state index in [1.807, 2.05) is 12.1 Å². The molecule has 3 N–H and O–H groups in total. The summed E-state index contributed by atoms with van der Waals surface area (Å²) in [6.45, 7) is 7.07. The molecule has 3 nitrogen and oxygen atoms in total. The maximum Gasteiger partial charge on any atom is 0.124 e. The highest BCUT2D eigenvalue weighted by Gasteiger charge is 2.14. The Kier molecular flexibility index (Phi) is 4.08. The minimum absolute atomic E-state index is 0.103. The lowest BCUT2D eigenvalue weighted by atomic mass is 10.1. The van der Waals surface area contributed by atoms with Crippen molar-refractivity contribution in [2.24, 2.45) is 5.73 Å². The molecule has 0 aliphatic carbocycles. The van der Waals surface area contributed by atoms with Crippen LogP contribution in [0.3, 0.4) is 0 Å². The monoisotopic (exact) mass is 267 g/mol. The highest BCUT2D eigenvalue weighted by atomic mass is 15.1. The van der Waals surface area contributed by atoms with E-state index in [0.717, 1.165) is 29.0 Å². The van der Waals surface area contributed by atoms with Crippen LogP contribution in [-0.4, -0.2) is 12.4 Å². The molecule has 0 atom stereocenters. The van der Waals surface area contributed by atoms with E-state index in [1.54, 1.807) is 0 Å². The SMILES string of the molecule is CCN(c1cccc(C)c1)c1cc(C)ccc1C(=N)N. The van der Waals surface area contributed by atoms with Crippen LogP contribution in [0.25, 0.3) is 0 Å². The Morgan fingerprint density at radius 3 is 2.40 bits per heavy atom. The second kappa shape index (κ2) is 5.78. The minimum atomic E-state index is 0.103. The molecule has 0 aliphatic heterocycles. The topological polar surface area (TPSA) is 53.1 Å². The van der Waals surface area contributed by atoms with Gasteiger partial charge in [0.15, 0.2) is 0 Å². The summed E-state index contributed by atoms with van der Waals surface area (Å²) in [5, 5.41) is 7.77. The van der Waals surface area contributed by atoms with Crippen molar-refractivity contribution in [2.75, 3.05) is 11.4 Å². The lowest BCUT2D eigenvalue weighted by Gasteiger charge is -2.26. The van der Waals surface area contributed by atoms with E-state index in [4.69, 9.17) is 11.1 Å². The van der Waals surface area contributed by atoms with Gasteiger partial charge in [0.1, 0.15) is 5.84 Å². The Labute approximate surface area is 120 Å². The maximum absolute atomic E-state index is 7.77. The summed E-state index contributed by atoms with van der Waals surface area (Å²) in [5.74, 6) is 0.103. The van der Waals surface area contributed by atoms with Crippen molar-refractivity contribution in [1.29, 1.82) is 5.41 Å². The first-order valence-electron chi connectivity index (χ1n) is 6.82. The molecule has 0 radical (unpaired) electrons. The van der Waals surface area contributed by atoms with Gasteiger partial charge in [-0.15, -0.1) is 0 Å². The summed E-state index contributed by atoms with van der Waals surface area (Å²) < 4.78 is 0. The molecule has 2 aromatic carbocycles. The Morgan fingerprint density at radius 2 is 1.80 bits per heavy atom. The standard InChI is InChI=1S/C17H21N3/c1-4-20(14-7-5-6-12(2)10-14)16-11-13(3)8-9-15(16)17(18)19/h5-11H,4H2,1-3H3,(H3,18,19). The average molecular weight is 267 g/mol. The van der Waals surface area contributed by atoms with Gasteiger partial charge in [0.25, 0.3) is 0 Å². The van der Waals surface area contributed by atoms with Gasteiger partial charge >= 0.3 is 0 Å². The van der Waals surface area contributed by atoms with Crippen LogP contribution in [-0.2, 0) is 0 Å². The van der Waals surface area contributed by atoms with E-state index < -0.39 is 0 Å². The summed E-state index contributed by atoms with van der Waals surface area (Å²) in [6, 6.07) is 14.4. The number of nitrogens with two attached hydrogens (primary N) is 1. The largest absolute Gasteiger partial charge is 0.384 e. The molecule has 0 spiro atoms. The quantitative estimate of drug-likeness (QED) is 0.655. The van der Waals surface area contributed by atoms with Crippen molar-refractivity contribution in [1.82, 2.24) is 0 Å². The fourth-order valence-electron chi connectivity index (χ4n) is 2.38. The number of nitrogens with zero attached hydrogens (tertiary/aromatic N) is 1. The molecule has 3 heteroatoms. The molecule has 0 saturated carbocycles. The van der Waals surface area contributed by atoms with E-state index >= 15 is 0 Å². The van der Waals surface area contributed by atoms with Gasteiger partial charge in [0, 0.05) is 17.8 Å². The predicted molar refractivity (Wildman–Crippen MR) is 86.1 cm³/mol. The average Bonchev–Trinajstić information content (AvgIpc) is 2.39. The van der Waals surface area contributed by atoms with Crippen molar-refractivity contribution >= 4 is 17.2 Å². The molecule has 0 heterocycles. The molecule has 104 valence electrons. The highest BCUT2D eigenvalue weighted by Crippen LogP contribution is 2.29. The fraction of sp³-hybridized carbons (Fsp3) is 0.235. The predicted octanol–water partition coefficient (Wildman–Crippen LogP) is 3.75. The number of rotatable bonds is 4. The van der Waals surface area contributed by atoms with Crippen LogP contribution in [0.1, 0.15) is 23.6 Å². The molecule has 0 amide bonds. The fourth-order valence-corrected chi connectivity index (χ4v) is 2.38. The van der Waals surface area contributed by atoms with Crippen LogP contribution in [0.15, 0.2) is 42.5 Å². The van der Waals surface area contributed by atoms with Gasteiger partial charge < -0.3 is 10.6 Å². The zero-order valence-corrected chi connectivity index (χ0v) is 12.3. The number of hydrogen-bond acceptors (Lipinski definition) is 2. The molecule has 0 aromatic heterocycles. The summed E-state index contributed by atoms with van der Waals surface area (Å²) in [6.07, 6.45) is 0. The lowest BCUT2D eigenvalue weighted by molar-refractivity contribution is 1.02. The smallest absolute Gasteiger partial charge is 0.124 e. The zero-order valence-electron chi connectivity index (χ0n) is 12.3. The van der Waals surface area contributed by atoms with Crippen LogP contribution >= 0.6 is 0 Å². The molecular formula is C17H21N3. The molecule has 0 bridgehead atoms. The maximum atomic E-state index is 7.77. The number of anilines is 2. The van der Waals surface area contributed by atoms with Crippen LogP contribution in [0.5, 0.6) is 0 Å². The van der Waals surface area contributed by atoms with Gasteiger partial charge in [-0.2, -0.15) is 0 Å². The van der Waals surface area contributed by atoms with E-state index in [-0.39, 0.29) is 5.84 Å². The number of hydrogen-bond donors (Lipinski definition) is 2. The van der Waals surface area contributed by atoms with E-state index in [1.165, 1.54) is 5.56 Å². The van der Waals surface area contributed by atoms with Crippen molar-refractivity contribution in [3.05, 3.63) is 59.2 Å². The van der Waals surface area contributed by atoms with Crippen molar-refractivity contribution in [2.45, 2.75) is 20.8 Å². The molecule has 2 aromatic rings. The van der Waals surface area contributed by atoms with Gasteiger partial charge in [-0.1, -0.05) is 18.2 Å². The molecule has 0 unspecified atom stereocenters. The third-order valence-corrected chi connectivity index (χ3v) is 3.36. The number of benzene rings is 2. The number of aryl methyl sites for hydroxylation is 2. The second-order valence-electron chi connectivity index (χ2n) is 5.02.